The second kappa shape index (κ2) is 7.56. The van der Waals surface area contributed by atoms with Gasteiger partial charge >= 0.3 is 0 Å². The van der Waals surface area contributed by atoms with Gasteiger partial charge in [-0.15, -0.1) is 10.2 Å². The van der Waals surface area contributed by atoms with Crippen LogP contribution in [0.5, 0.6) is 0 Å². The maximum absolute atomic E-state index is 14.3. The van der Waals surface area contributed by atoms with Gasteiger partial charge in [-0.25, -0.2) is 4.39 Å². The van der Waals surface area contributed by atoms with Crippen LogP contribution in [0.25, 0.3) is 11.3 Å². The summed E-state index contributed by atoms with van der Waals surface area (Å²) in [5.74, 6) is -0.369. The topological polar surface area (TPSA) is 102 Å². The van der Waals surface area contributed by atoms with Crippen molar-refractivity contribution in [2.24, 2.45) is 7.05 Å². The van der Waals surface area contributed by atoms with Crippen LogP contribution in [-0.4, -0.2) is 57.6 Å². The third kappa shape index (κ3) is 3.18. The zero-order valence-electron chi connectivity index (χ0n) is 18.2. The van der Waals surface area contributed by atoms with Gasteiger partial charge in [0.15, 0.2) is 5.82 Å². The lowest BCUT2D eigenvalue weighted by Crippen LogP contribution is -2.41. The Hall–Kier alpha value is -3.53. The van der Waals surface area contributed by atoms with E-state index in [-0.39, 0.29) is 18.3 Å². The van der Waals surface area contributed by atoms with E-state index < -0.39 is 11.9 Å². The number of hydrogen-bond donors (Lipinski definition) is 1. The lowest BCUT2D eigenvalue weighted by atomic mass is 9.96. The van der Waals surface area contributed by atoms with Gasteiger partial charge in [-0.2, -0.15) is 5.10 Å². The normalized spacial score (nSPS) is 18.4. The van der Waals surface area contributed by atoms with Crippen molar-refractivity contribution in [2.75, 3.05) is 37.4 Å². The number of nitrogens with two attached hydrogens (primary N) is 1. The number of amides is 1. The minimum absolute atomic E-state index is 0.219. The highest BCUT2D eigenvalue weighted by Gasteiger charge is 2.33. The number of carbonyl (C=O) groups excluding carboxylic acids is 1. The van der Waals surface area contributed by atoms with E-state index in [0.29, 0.717) is 48.0 Å². The molecule has 0 radical (unpaired) electrons. The molecule has 0 spiro atoms. The van der Waals surface area contributed by atoms with Gasteiger partial charge in [0.1, 0.15) is 5.82 Å². The Morgan fingerprint density at radius 1 is 1.22 bits per heavy atom. The average Bonchev–Trinajstić information content (AvgIpc) is 3.06. The standard InChI is InChI=1S/C22H24FN7O2/c1-12-20-16-9-18(21(24)26-25-16)30-6-7-32-11-19(30)15-8-13(23)4-5-14(15)22(31)28(2)10-17(20)27-29(12)3/h4-5,8-9,19H,6-7,10-11H2,1-3H3,(H2,24,26)/t19-/m1/s1. The summed E-state index contributed by atoms with van der Waals surface area (Å²) in [5.41, 5.74) is 11.0. The molecule has 166 valence electrons. The molecule has 1 saturated heterocycles. The molecule has 2 aliphatic heterocycles. The van der Waals surface area contributed by atoms with E-state index >= 15 is 0 Å². The number of carbonyl (C=O) groups is 1. The van der Waals surface area contributed by atoms with E-state index in [1.165, 1.54) is 18.2 Å². The van der Waals surface area contributed by atoms with Crippen molar-refractivity contribution in [3.05, 3.63) is 52.6 Å². The molecule has 3 aromatic rings. The van der Waals surface area contributed by atoms with Crippen LogP contribution in [0.4, 0.5) is 15.9 Å². The number of anilines is 2. The van der Waals surface area contributed by atoms with Crippen LogP contribution in [0.15, 0.2) is 24.3 Å². The molecule has 5 rings (SSSR count). The first kappa shape index (κ1) is 20.4. The molecular formula is C22H24FN7O2. The predicted octanol–water partition coefficient (Wildman–Crippen LogP) is 2.07. The Morgan fingerprint density at radius 2 is 2.03 bits per heavy atom. The molecule has 1 amide bonds. The summed E-state index contributed by atoms with van der Waals surface area (Å²) in [5, 5.41) is 13.2. The fraction of sp³-hybridized carbons (Fsp3) is 0.364. The molecule has 1 atom stereocenters. The van der Waals surface area contributed by atoms with Gasteiger partial charge in [0.2, 0.25) is 0 Å². The molecule has 2 N–H and O–H groups in total. The summed E-state index contributed by atoms with van der Waals surface area (Å²) < 4.78 is 21.8. The highest BCUT2D eigenvalue weighted by Crippen LogP contribution is 2.38. The Labute approximate surface area is 184 Å². The van der Waals surface area contributed by atoms with Crippen LogP contribution >= 0.6 is 0 Å². The van der Waals surface area contributed by atoms with Crippen molar-refractivity contribution < 1.29 is 13.9 Å². The Kier molecular flexibility index (Phi) is 4.81. The number of benzene rings is 1. The third-order valence-corrected chi connectivity index (χ3v) is 6.24. The lowest BCUT2D eigenvalue weighted by molar-refractivity contribution is 0.0772. The molecule has 32 heavy (non-hydrogen) atoms. The van der Waals surface area contributed by atoms with E-state index in [2.05, 4.69) is 15.3 Å². The molecule has 0 unspecified atom stereocenters. The van der Waals surface area contributed by atoms with Gasteiger partial charge in [-0.1, -0.05) is 0 Å². The van der Waals surface area contributed by atoms with Crippen LogP contribution < -0.4 is 10.6 Å². The molecule has 1 fully saturated rings. The van der Waals surface area contributed by atoms with E-state index in [1.54, 1.807) is 16.6 Å². The molecule has 2 bridgehead atoms. The van der Waals surface area contributed by atoms with Crippen molar-refractivity contribution in [3.8, 4) is 11.3 Å². The smallest absolute Gasteiger partial charge is 0.254 e. The summed E-state index contributed by atoms with van der Waals surface area (Å²) in [6, 6.07) is 5.74. The minimum Gasteiger partial charge on any atom is -0.380 e. The Morgan fingerprint density at radius 3 is 2.84 bits per heavy atom. The highest BCUT2D eigenvalue weighted by atomic mass is 19.1. The van der Waals surface area contributed by atoms with Crippen LogP contribution in [0.3, 0.4) is 0 Å². The molecule has 1 aromatic carbocycles. The van der Waals surface area contributed by atoms with E-state index in [4.69, 9.17) is 10.5 Å². The number of rotatable bonds is 0. The minimum atomic E-state index is -0.416. The number of ether oxygens (including phenoxy) is 1. The Bertz CT molecular complexity index is 1230. The summed E-state index contributed by atoms with van der Waals surface area (Å²) in [7, 11) is 3.56. The first-order chi connectivity index (χ1) is 15.3. The zero-order chi connectivity index (χ0) is 22.6. The summed E-state index contributed by atoms with van der Waals surface area (Å²) in [6.45, 7) is 3.50. The quantitative estimate of drug-likeness (QED) is 0.574. The van der Waals surface area contributed by atoms with E-state index in [0.717, 1.165) is 11.3 Å². The summed E-state index contributed by atoms with van der Waals surface area (Å²) in [6.07, 6.45) is 0. The van der Waals surface area contributed by atoms with E-state index in [9.17, 15) is 9.18 Å². The van der Waals surface area contributed by atoms with E-state index in [1.807, 2.05) is 24.9 Å². The molecule has 9 nitrogen and oxygen atoms in total. The third-order valence-electron chi connectivity index (χ3n) is 6.24. The van der Waals surface area contributed by atoms with Crippen molar-refractivity contribution >= 4 is 17.4 Å². The molecule has 0 saturated carbocycles. The van der Waals surface area contributed by atoms with Crippen LogP contribution in [0, 0.1) is 12.7 Å². The SMILES string of the molecule is Cc1c2c(nn1C)CN(C)C(=O)c1ccc(F)cc1[C@H]1COCCN1c1cc-2nnc1N. The second-order valence-corrected chi connectivity index (χ2v) is 8.21. The number of aryl methyl sites for hydroxylation is 1. The summed E-state index contributed by atoms with van der Waals surface area (Å²) >= 11 is 0. The van der Waals surface area contributed by atoms with Crippen LogP contribution in [0.1, 0.15) is 33.4 Å². The average molecular weight is 437 g/mol. The number of morpholine rings is 1. The van der Waals surface area contributed by atoms with Gasteiger partial charge in [0.05, 0.1) is 42.9 Å². The number of nitrogens with zero attached hydrogens (tertiary/aromatic N) is 6. The van der Waals surface area contributed by atoms with Crippen molar-refractivity contribution in [1.82, 2.24) is 24.9 Å². The number of hydrogen-bond acceptors (Lipinski definition) is 7. The first-order valence-corrected chi connectivity index (χ1v) is 10.4. The second-order valence-electron chi connectivity index (χ2n) is 8.21. The van der Waals surface area contributed by atoms with Crippen molar-refractivity contribution in [2.45, 2.75) is 19.5 Å². The molecule has 4 heterocycles. The van der Waals surface area contributed by atoms with Crippen molar-refractivity contribution in [1.29, 1.82) is 0 Å². The highest BCUT2D eigenvalue weighted by molar-refractivity contribution is 5.96. The van der Waals surface area contributed by atoms with Gasteiger partial charge < -0.3 is 20.3 Å². The van der Waals surface area contributed by atoms with Gasteiger partial charge in [-0.3, -0.25) is 9.48 Å². The first-order valence-electron chi connectivity index (χ1n) is 10.4. The number of aromatic nitrogens is 4. The van der Waals surface area contributed by atoms with Gasteiger partial charge in [0.25, 0.3) is 5.91 Å². The van der Waals surface area contributed by atoms with Gasteiger partial charge in [-0.05, 0) is 36.8 Å². The molecule has 2 aliphatic rings. The molecule has 10 heteroatoms. The maximum atomic E-state index is 14.3. The van der Waals surface area contributed by atoms with Crippen LogP contribution in [0.2, 0.25) is 0 Å². The fourth-order valence-corrected chi connectivity index (χ4v) is 4.52. The summed E-state index contributed by atoms with van der Waals surface area (Å²) in [4.78, 5) is 17.1. The fourth-order valence-electron chi connectivity index (χ4n) is 4.52. The number of fused-ring (bicyclic) bond motifs is 8. The molecular weight excluding hydrogens is 413 g/mol. The van der Waals surface area contributed by atoms with Crippen molar-refractivity contribution in [3.63, 3.8) is 0 Å². The predicted molar refractivity (Wildman–Crippen MR) is 116 cm³/mol. The molecule has 0 aliphatic carbocycles. The number of halogens is 1. The largest absolute Gasteiger partial charge is 0.380 e. The Balaban J connectivity index is 1.80. The zero-order valence-corrected chi connectivity index (χ0v) is 18.2. The van der Waals surface area contributed by atoms with Gasteiger partial charge in [0, 0.05) is 37.5 Å². The number of nitrogen functional groups attached to an aromatic ring is 1. The monoisotopic (exact) mass is 437 g/mol. The lowest BCUT2D eigenvalue weighted by Gasteiger charge is -2.39. The van der Waals surface area contributed by atoms with Crippen LogP contribution in [-0.2, 0) is 18.3 Å². The maximum Gasteiger partial charge on any atom is 0.254 e. The molecule has 2 aromatic heterocycles.